The molecule has 1 radical (unpaired) electrons. The van der Waals surface area contributed by atoms with Crippen molar-refractivity contribution in [1.82, 2.24) is 0 Å². The van der Waals surface area contributed by atoms with Gasteiger partial charge < -0.3 is 0 Å². The van der Waals surface area contributed by atoms with E-state index in [2.05, 4.69) is 11.6 Å². The molecule has 0 aromatic carbocycles. The molecule has 0 fully saturated rings. The van der Waals surface area contributed by atoms with Gasteiger partial charge >= 0.3 is 0 Å². The topological polar surface area (TPSA) is 37.0 Å². The fourth-order valence-electron chi connectivity index (χ4n) is 0. The molecule has 0 heterocycles. The highest BCUT2D eigenvalue weighted by Crippen LogP contribution is 2.33. The minimum Gasteiger partial charge on any atom is -0.297 e. The van der Waals surface area contributed by atoms with Crippen LogP contribution < -0.4 is 0 Å². The van der Waals surface area contributed by atoms with Crippen LogP contribution in [-0.4, -0.2) is 13.6 Å². The Labute approximate surface area is 81.1 Å². The molecule has 0 unspecified atom stereocenters. The molecule has 0 rings (SSSR count). The van der Waals surface area contributed by atoms with E-state index >= 15 is 0 Å². The quantitative estimate of drug-likeness (QED) is 0.446. The largest absolute Gasteiger partial charge is 0.297 e. The molecule has 4 heteroatoms. The molecule has 0 N–H and O–H groups in total. The van der Waals surface area contributed by atoms with Gasteiger partial charge in [-0.05, 0) is 29.7 Å². The highest BCUT2D eigenvalue weighted by Gasteiger charge is 2.35. The summed E-state index contributed by atoms with van der Waals surface area (Å²) in [7, 11) is -2.11. The first-order chi connectivity index (χ1) is 4.98. The minimum atomic E-state index is -2.11. The van der Waals surface area contributed by atoms with Crippen molar-refractivity contribution >= 4 is 25.2 Å². The average molecular weight is 210 g/mol. The standard InChI is InChI=1S/C6H15OSi.C2H3ClO/c1-6(2,3)8(4,5)7;1-2(3)4/h1-5H3;1H3. The van der Waals surface area contributed by atoms with E-state index in [-0.39, 0.29) is 10.3 Å². The number of carbonyl (C=O) groups is 1. The first-order valence-corrected chi connectivity index (χ1v) is 7.13. The van der Waals surface area contributed by atoms with Crippen LogP contribution in [0.25, 0.3) is 0 Å². The molecule has 0 amide bonds. The van der Waals surface area contributed by atoms with Gasteiger partial charge in [-0.1, -0.05) is 20.8 Å². The summed E-state index contributed by atoms with van der Waals surface area (Å²) in [6.45, 7) is 11.1. The number of carbonyl (C=O) groups excluding carboxylic acids is 1. The maximum absolute atomic E-state index is 11.3. The predicted octanol–water partition coefficient (Wildman–Crippen LogP) is 3.19. The van der Waals surface area contributed by atoms with Crippen LogP contribution in [0.15, 0.2) is 0 Å². The van der Waals surface area contributed by atoms with Gasteiger partial charge in [0.1, 0.15) is 0 Å². The normalized spacial score (nSPS) is 11.7. The Morgan fingerprint density at radius 3 is 1.33 bits per heavy atom. The molecule has 0 aliphatic carbocycles. The summed E-state index contributed by atoms with van der Waals surface area (Å²) in [5, 5.41) is -0.340. The molecule has 12 heavy (non-hydrogen) atoms. The summed E-state index contributed by atoms with van der Waals surface area (Å²) < 4.78 is 0. The van der Waals surface area contributed by atoms with Crippen LogP contribution in [0.5, 0.6) is 0 Å². The van der Waals surface area contributed by atoms with Gasteiger partial charge in [-0.25, -0.2) is 0 Å². The Kier molecular flexibility index (Phi) is 6.10. The molecule has 0 bridgehead atoms. The van der Waals surface area contributed by atoms with Crippen molar-refractivity contribution in [2.45, 2.75) is 45.8 Å². The molecule has 0 spiro atoms. The van der Waals surface area contributed by atoms with Crippen molar-refractivity contribution in [1.29, 1.82) is 0 Å². The summed E-state index contributed by atoms with van der Waals surface area (Å²) in [5.41, 5.74) is 0. The van der Waals surface area contributed by atoms with Gasteiger partial charge in [0.15, 0.2) is 0 Å². The van der Waals surface area contributed by atoms with Crippen molar-refractivity contribution in [3.63, 3.8) is 0 Å². The van der Waals surface area contributed by atoms with Crippen molar-refractivity contribution in [3.8, 4) is 0 Å². The molecule has 0 aromatic rings. The van der Waals surface area contributed by atoms with Gasteiger partial charge in [0.05, 0.1) is 0 Å². The maximum atomic E-state index is 11.3. The third-order valence-corrected chi connectivity index (χ3v) is 5.42. The lowest BCUT2D eigenvalue weighted by Crippen LogP contribution is -2.35. The van der Waals surface area contributed by atoms with Crippen LogP contribution in [0.2, 0.25) is 18.1 Å². The van der Waals surface area contributed by atoms with Gasteiger partial charge in [-0.3, -0.25) is 9.59 Å². The van der Waals surface area contributed by atoms with E-state index in [0.717, 1.165) is 0 Å². The molecule has 0 saturated carbocycles. The molecule has 0 atom stereocenters. The van der Waals surface area contributed by atoms with E-state index < -0.39 is 8.32 Å². The second-order valence-corrected chi connectivity index (χ2v) is 9.28. The van der Waals surface area contributed by atoms with E-state index in [1.165, 1.54) is 6.92 Å². The van der Waals surface area contributed by atoms with Crippen LogP contribution in [0, 0.1) is 0 Å². The van der Waals surface area contributed by atoms with Gasteiger partial charge in [-0.15, -0.1) is 0 Å². The third kappa shape index (κ3) is 10.1. The Morgan fingerprint density at radius 2 is 1.33 bits per heavy atom. The first kappa shape index (κ1) is 14.6. The van der Waals surface area contributed by atoms with E-state index in [1.807, 2.05) is 33.9 Å². The van der Waals surface area contributed by atoms with Gasteiger partial charge in [0, 0.05) is 6.92 Å². The van der Waals surface area contributed by atoms with Gasteiger partial charge in [-0.2, -0.15) is 0 Å². The summed E-state index contributed by atoms with van der Waals surface area (Å²) in [4.78, 5) is 20.5. The Morgan fingerprint density at radius 1 is 1.25 bits per heavy atom. The first-order valence-electron chi connectivity index (χ1n) is 3.85. The average Bonchev–Trinajstić information content (AvgIpc) is 1.55. The van der Waals surface area contributed by atoms with Crippen LogP contribution in [0.4, 0.5) is 0 Å². The number of rotatable bonds is 0. The summed E-state index contributed by atoms with van der Waals surface area (Å²) >= 11 is 4.64. The molecule has 0 aliphatic heterocycles. The van der Waals surface area contributed by atoms with Gasteiger partial charge in [0.2, 0.25) is 13.6 Å². The lowest BCUT2D eigenvalue weighted by atomic mass is 10.2. The summed E-state index contributed by atoms with van der Waals surface area (Å²) in [6, 6.07) is 0. The van der Waals surface area contributed by atoms with Crippen molar-refractivity contribution in [2.24, 2.45) is 0 Å². The van der Waals surface area contributed by atoms with Crippen LogP contribution in [0.3, 0.4) is 0 Å². The molecular weight excluding hydrogens is 192 g/mol. The Balaban J connectivity index is 0. The summed E-state index contributed by atoms with van der Waals surface area (Å²) in [6.07, 6.45) is 0. The van der Waals surface area contributed by atoms with E-state index in [9.17, 15) is 9.59 Å². The molecule has 0 saturated heterocycles. The zero-order valence-corrected chi connectivity index (χ0v) is 10.5. The van der Waals surface area contributed by atoms with Crippen LogP contribution in [-0.2, 0) is 9.59 Å². The second-order valence-electron chi connectivity index (χ2n) is 4.23. The van der Waals surface area contributed by atoms with E-state index in [1.54, 1.807) is 0 Å². The van der Waals surface area contributed by atoms with Gasteiger partial charge in [0.25, 0.3) is 0 Å². The second kappa shape index (κ2) is 4.99. The lowest BCUT2D eigenvalue weighted by Gasteiger charge is -2.27. The lowest BCUT2D eigenvalue weighted by molar-refractivity contribution is -0.109. The minimum absolute atomic E-state index is 0.0208. The molecule has 0 aliphatic rings. The SMILES string of the molecule is CC(=O)Cl.CC(C)(C)[Si](C)(C)[O]. The highest BCUT2D eigenvalue weighted by atomic mass is 35.5. The molecule has 73 valence electrons. The fraction of sp³-hybridized carbons (Fsp3) is 0.875. The van der Waals surface area contributed by atoms with Crippen molar-refractivity contribution < 1.29 is 9.59 Å². The van der Waals surface area contributed by atoms with Crippen LogP contribution >= 0.6 is 11.6 Å². The van der Waals surface area contributed by atoms with Crippen LogP contribution in [0.1, 0.15) is 27.7 Å². The molecular formula is C8H18ClO2Si. The number of hydrogen-bond acceptors (Lipinski definition) is 1. The van der Waals surface area contributed by atoms with E-state index in [0.29, 0.717) is 0 Å². The Hall–Kier alpha value is 0.137. The third-order valence-electron chi connectivity index (χ3n) is 1.81. The number of halogens is 1. The smallest absolute Gasteiger partial charge is 0.236 e. The fourth-order valence-corrected chi connectivity index (χ4v) is 0. The Bertz CT molecular complexity index is 128. The monoisotopic (exact) mass is 209 g/mol. The highest BCUT2D eigenvalue weighted by molar-refractivity contribution is 6.72. The molecule has 0 aromatic heterocycles. The van der Waals surface area contributed by atoms with Crippen molar-refractivity contribution in [3.05, 3.63) is 0 Å². The number of hydrogen-bond donors (Lipinski definition) is 0. The predicted molar refractivity (Wildman–Crippen MR) is 54.4 cm³/mol. The zero-order chi connectivity index (χ0) is 10.6. The van der Waals surface area contributed by atoms with E-state index in [4.69, 9.17) is 0 Å². The summed E-state index contributed by atoms with van der Waals surface area (Å²) in [5.74, 6) is 0. The molecule has 2 nitrogen and oxygen atoms in total. The van der Waals surface area contributed by atoms with Crippen molar-refractivity contribution in [2.75, 3.05) is 0 Å². The zero-order valence-electron chi connectivity index (χ0n) is 8.69. The maximum Gasteiger partial charge on any atom is 0.236 e.